The number of esters is 1. The number of aromatic nitrogens is 2. The van der Waals surface area contributed by atoms with E-state index in [0.717, 1.165) is 0 Å². The normalized spacial score (nSPS) is 10.1. The van der Waals surface area contributed by atoms with Crippen LogP contribution in [0.3, 0.4) is 0 Å². The maximum absolute atomic E-state index is 11.8. The molecule has 0 aliphatic heterocycles. The second-order valence-electron chi connectivity index (χ2n) is 4.74. The minimum Gasteiger partial charge on any atom is -0.465 e. The topological polar surface area (TPSA) is 102 Å². The van der Waals surface area contributed by atoms with Gasteiger partial charge in [0.25, 0.3) is 5.91 Å². The molecule has 1 aromatic carbocycles. The third-order valence-corrected chi connectivity index (χ3v) is 3.07. The monoisotopic (exact) mass is 330 g/mol. The van der Waals surface area contributed by atoms with Gasteiger partial charge in [0.2, 0.25) is 5.95 Å². The molecule has 1 aromatic heterocycles. The largest absolute Gasteiger partial charge is 0.465 e. The van der Waals surface area contributed by atoms with Crippen LogP contribution in [0, 0.1) is 0 Å². The Hall–Kier alpha value is -3.00. The van der Waals surface area contributed by atoms with E-state index in [9.17, 15) is 9.59 Å². The molecule has 126 valence electrons. The fourth-order valence-corrected chi connectivity index (χ4v) is 1.82. The van der Waals surface area contributed by atoms with Crippen molar-refractivity contribution in [3.63, 3.8) is 0 Å². The predicted molar refractivity (Wildman–Crippen MR) is 87.3 cm³/mol. The van der Waals surface area contributed by atoms with Gasteiger partial charge in [0.15, 0.2) is 0 Å². The molecule has 2 N–H and O–H groups in total. The molecular weight excluding hydrogens is 312 g/mol. The molecule has 24 heavy (non-hydrogen) atoms. The van der Waals surface area contributed by atoms with Crippen molar-refractivity contribution in [3.8, 4) is 0 Å². The van der Waals surface area contributed by atoms with Crippen molar-refractivity contribution in [1.29, 1.82) is 0 Å². The summed E-state index contributed by atoms with van der Waals surface area (Å²) in [6.45, 7) is 0.857. The molecule has 0 saturated carbocycles. The van der Waals surface area contributed by atoms with Gasteiger partial charge in [0.1, 0.15) is 0 Å². The molecule has 2 aromatic rings. The van der Waals surface area contributed by atoms with Gasteiger partial charge in [-0.15, -0.1) is 0 Å². The molecule has 0 atom stereocenters. The first-order valence-electron chi connectivity index (χ1n) is 7.18. The highest BCUT2D eigenvalue weighted by Gasteiger charge is 2.07. The van der Waals surface area contributed by atoms with Gasteiger partial charge in [-0.3, -0.25) is 4.79 Å². The number of carbonyl (C=O) groups is 2. The first-order valence-corrected chi connectivity index (χ1v) is 7.18. The summed E-state index contributed by atoms with van der Waals surface area (Å²) in [4.78, 5) is 31.4. The van der Waals surface area contributed by atoms with E-state index in [2.05, 4.69) is 25.3 Å². The third-order valence-electron chi connectivity index (χ3n) is 3.07. The molecular formula is C16H18N4O4. The van der Waals surface area contributed by atoms with Gasteiger partial charge in [-0.25, -0.2) is 14.8 Å². The fraction of sp³-hybridized carbons (Fsp3) is 0.250. The maximum atomic E-state index is 11.8. The quantitative estimate of drug-likeness (QED) is 0.584. The van der Waals surface area contributed by atoms with Crippen LogP contribution in [0.15, 0.2) is 36.7 Å². The molecule has 8 nitrogen and oxygen atoms in total. The number of anilines is 2. The average Bonchev–Trinajstić information content (AvgIpc) is 2.62. The van der Waals surface area contributed by atoms with E-state index >= 15 is 0 Å². The van der Waals surface area contributed by atoms with Gasteiger partial charge in [0, 0.05) is 31.7 Å². The minimum atomic E-state index is -0.401. The zero-order valence-corrected chi connectivity index (χ0v) is 13.4. The molecule has 0 spiro atoms. The zero-order chi connectivity index (χ0) is 17.4. The van der Waals surface area contributed by atoms with Crippen LogP contribution in [-0.4, -0.2) is 49.2 Å². The summed E-state index contributed by atoms with van der Waals surface area (Å²) in [6, 6.07) is 6.68. The van der Waals surface area contributed by atoms with E-state index in [4.69, 9.17) is 4.74 Å². The van der Waals surface area contributed by atoms with Crippen LogP contribution < -0.4 is 10.6 Å². The molecule has 0 radical (unpaired) electrons. The summed E-state index contributed by atoms with van der Waals surface area (Å²) in [5.41, 5.74) is 1.52. The molecule has 0 saturated heterocycles. The number of nitrogens with zero attached hydrogens (tertiary/aromatic N) is 2. The number of benzene rings is 1. The van der Waals surface area contributed by atoms with Crippen LogP contribution in [0.25, 0.3) is 0 Å². The van der Waals surface area contributed by atoms with Crippen LogP contribution in [0.5, 0.6) is 0 Å². The number of hydrogen-bond donors (Lipinski definition) is 2. The van der Waals surface area contributed by atoms with E-state index in [0.29, 0.717) is 35.9 Å². The summed E-state index contributed by atoms with van der Waals surface area (Å²) < 4.78 is 9.49. The van der Waals surface area contributed by atoms with Crippen molar-refractivity contribution < 1.29 is 19.1 Å². The molecule has 0 fully saturated rings. The zero-order valence-electron chi connectivity index (χ0n) is 13.4. The summed E-state index contributed by atoms with van der Waals surface area (Å²) in [6.07, 6.45) is 2.86. The standard InChI is InChI=1S/C16H18N4O4/c1-23-8-7-17-14(21)12-9-18-16(19-10-12)20-13-5-3-11(4-6-13)15(22)24-2/h3-6,9-10H,7-8H2,1-2H3,(H,17,21)(H,18,19,20). The van der Waals surface area contributed by atoms with Gasteiger partial charge in [-0.05, 0) is 24.3 Å². The predicted octanol–water partition coefficient (Wildman–Crippen LogP) is 1.38. The number of nitrogens with one attached hydrogen (secondary N) is 2. The second kappa shape index (κ2) is 8.59. The lowest BCUT2D eigenvalue weighted by atomic mass is 10.2. The molecule has 1 heterocycles. The Morgan fingerprint density at radius 3 is 2.29 bits per heavy atom. The highest BCUT2D eigenvalue weighted by molar-refractivity contribution is 5.93. The average molecular weight is 330 g/mol. The Labute approximate surface area is 139 Å². The molecule has 1 amide bonds. The Balaban J connectivity index is 1.96. The van der Waals surface area contributed by atoms with Crippen molar-refractivity contribution in [1.82, 2.24) is 15.3 Å². The van der Waals surface area contributed by atoms with Gasteiger partial charge in [-0.2, -0.15) is 0 Å². The van der Waals surface area contributed by atoms with Gasteiger partial charge in [0.05, 0.1) is 24.8 Å². The lowest BCUT2D eigenvalue weighted by molar-refractivity contribution is 0.0600. The van der Waals surface area contributed by atoms with Crippen LogP contribution in [0.1, 0.15) is 20.7 Å². The van der Waals surface area contributed by atoms with Crippen LogP contribution in [0.2, 0.25) is 0 Å². The number of methoxy groups -OCH3 is 2. The van der Waals surface area contributed by atoms with Gasteiger partial charge >= 0.3 is 5.97 Å². The van der Waals surface area contributed by atoms with E-state index in [1.54, 1.807) is 31.4 Å². The summed E-state index contributed by atoms with van der Waals surface area (Å²) in [5, 5.41) is 5.66. The van der Waals surface area contributed by atoms with Crippen LogP contribution >= 0.6 is 0 Å². The number of carbonyl (C=O) groups excluding carboxylic acids is 2. The van der Waals surface area contributed by atoms with E-state index in [-0.39, 0.29) is 5.91 Å². The molecule has 0 unspecified atom stereocenters. The molecule has 0 aliphatic carbocycles. The van der Waals surface area contributed by atoms with E-state index < -0.39 is 5.97 Å². The van der Waals surface area contributed by atoms with Crippen molar-refractivity contribution in [3.05, 3.63) is 47.8 Å². The van der Waals surface area contributed by atoms with Gasteiger partial charge in [-0.1, -0.05) is 0 Å². The Kier molecular flexibility index (Phi) is 6.21. The molecule has 0 bridgehead atoms. The van der Waals surface area contributed by atoms with Crippen molar-refractivity contribution >= 4 is 23.5 Å². The maximum Gasteiger partial charge on any atom is 0.337 e. The summed E-state index contributed by atoms with van der Waals surface area (Å²) >= 11 is 0. The molecule has 2 rings (SSSR count). The van der Waals surface area contributed by atoms with E-state index in [1.807, 2.05) is 0 Å². The summed E-state index contributed by atoms with van der Waals surface area (Å²) in [7, 11) is 2.89. The summed E-state index contributed by atoms with van der Waals surface area (Å²) in [5.74, 6) is -0.322. The molecule has 0 aliphatic rings. The Morgan fingerprint density at radius 1 is 1.04 bits per heavy atom. The first-order chi connectivity index (χ1) is 11.6. The highest BCUT2D eigenvalue weighted by Crippen LogP contribution is 2.14. The number of hydrogen-bond acceptors (Lipinski definition) is 7. The van der Waals surface area contributed by atoms with Crippen molar-refractivity contribution in [2.45, 2.75) is 0 Å². The fourth-order valence-electron chi connectivity index (χ4n) is 1.82. The van der Waals surface area contributed by atoms with Crippen LogP contribution in [0.4, 0.5) is 11.6 Å². The van der Waals surface area contributed by atoms with Crippen LogP contribution in [-0.2, 0) is 9.47 Å². The number of rotatable bonds is 7. The highest BCUT2D eigenvalue weighted by atomic mass is 16.5. The third kappa shape index (κ3) is 4.75. The van der Waals surface area contributed by atoms with Crippen molar-refractivity contribution in [2.24, 2.45) is 0 Å². The smallest absolute Gasteiger partial charge is 0.337 e. The lowest BCUT2D eigenvalue weighted by Gasteiger charge is -2.07. The molecule has 8 heteroatoms. The number of ether oxygens (including phenoxy) is 2. The second-order valence-corrected chi connectivity index (χ2v) is 4.74. The van der Waals surface area contributed by atoms with Gasteiger partial charge < -0.3 is 20.1 Å². The lowest BCUT2D eigenvalue weighted by Crippen LogP contribution is -2.27. The number of amides is 1. The Bertz CT molecular complexity index is 686. The SMILES string of the molecule is COCCNC(=O)c1cnc(Nc2ccc(C(=O)OC)cc2)nc1. The van der Waals surface area contributed by atoms with Crippen molar-refractivity contribution in [2.75, 3.05) is 32.7 Å². The minimum absolute atomic E-state index is 0.263. The van der Waals surface area contributed by atoms with E-state index in [1.165, 1.54) is 19.5 Å². The Morgan fingerprint density at radius 2 is 1.71 bits per heavy atom. The first kappa shape index (κ1) is 17.4.